The fourth-order valence-electron chi connectivity index (χ4n) is 2.80. The molecule has 1 aliphatic rings. The number of piperazine rings is 1. The minimum absolute atomic E-state index is 0. The van der Waals surface area contributed by atoms with Crippen LogP contribution in [-0.2, 0) is 0 Å². The number of para-hydroxylation sites is 1. The smallest absolute Gasteiger partial charge is 0.324 e. The molecule has 2 unspecified atom stereocenters. The molecule has 6 nitrogen and oxygen atoms in total. The van der Waals surface area contributed by atoms with E-state index in [9.17, 15) is 9.59 Å². The van der Waals surface area contributed by atoms with Gasteiger partial charge in [0.1, 0.15) is 0 Å². The molecule has 2 atom stereocenters. The van der Waals surface area contributed by atoms with Crippen molar-refractivity contribution in [2.24, 2.45) is 0 Å². The normalized spacial score (nSPS) is 19.4. The van der Waals surface area contributed by atoms with Crippen molar-refractivity contribution >= 4 is 46.4 Å². The van der Waals surface area contributed by atoms with E-state index in [1.807, 2.05) is 35.2 Å². The van der Waals surface area contributed by atoms with Crippen molar-refractivity contribution in [2.45, 2.75) is 25.9 Å². The summed E-state index contributed by atoms with van der Waals surface area (Å²) >= 11 is 1.29. The molecule has 3 amide bonds. The van der Waals surface area contributed by atoms with Gasteiger partial charge in [-0.2, -0.15) is 0 Å². The van der Waals surface area contributed by atoms with Gasteiger partial charge in [-0.05, 0) is 38.1 Å². The molecule has 1 aliphatic heterocycles. The second kappa shape index (κ2) is 9.02. The molecule has 1 fully saturated rings. The molecule has 1 aromatic carbocycles. The molecular weight excluding hydrogens is 372 g/mol. The summed E-state index contributed by atoms with van der Waals surface area (Å²) in [6, 6.07) is 12.8. The van der Waals surface area contributed by atoms with Gasteiger partial charge in [0, 0.05) is 30.9 Å². The lowest BCUT2D eigenvalue weighted by Crippen LogP contribution is -2.57. The number of hydrogen-bond acceptors (Lipinski definition) is 4. The molecule has 3 N–H and O–H groups in total. The van der Waals surface area contributed by atoms with Gasteiger partial charge in [0.2, 0.25) is 0 Å². The first kappa shape index (κ1) is 20.2. The summed E-state index contributed by atoms with van der Waals surface area (Å²) in [7, 11) is 0. The van der Waals surface area contributed by atoms with Gasteiger partial charge in [0.15, 0.2) is 0 Å². The molecule has 2 aromatic rings. The van der Waals surface area contributed by atoms with Crippen LogP contribution >= 0.6 is 23.7 Å². The Bertz CT molecular complexity index is 753. The van der Waals surface area contributed by atoms with Crippen molar-refractivity contribution in [1.82, 2.24) is 10.2 Å². The number of amides is 3. The van der Waals surface area contributed by atoms with Gasteiger partial charge in [0.05, 0.1) is 9.88 Å². The summed E-state index contributed by atoms with van der Waals surface area (Å²) in [5.41, 5.74) is 0.719. The van der Waals surface area contributed by atoms with Crippen LogP contribution in [0.4, 0.5) is 15.5 Å². The summed E-state index contributed by atoms with van der Waals surface area (Å²) in [5, 5.41) is 9.54. The Hall–Kier alpha value is -2.09. The molecule has 3 rings (SSSR count). The molecule has 0 aliphatic carbocycles. The monoisotopic (exact) mass is 394 g/mol. The summed E-state index contributed by atoms with van der Waals surface area (Å²) in [5.74, 6) is 0.0161. The van der Waals surface area contributed by atoms with E-state index in [0.717, 1.165) is 12.2 Å². The Morgan fingerprint density at radius 3 is 2.58 bits per heavy atom. The van der Waals surface area contributed by atoms with Crippen LogP contribution in [0, 0.1) is 0 Å². The van der Waals surface area contributed by atoms with Gasteiger partial charge in [-0.15, -0.1) is 23.7 Å². The predicted molar refractivity (Wildman–Crippen MR) is 109 cm³/mol. The zero-order valence-electron chi connectivity index (χ0n) is 14.7. The first-order valence-electron chi connectivity index (χ1n) is 8.32. The van der Waals surface area contributed by atoms with Crippen molar-refractivity contribution < 1.29 is 9.59 Å². The minimum Gasteiger partial charge on any atom is -0.332 e. The number of carbonyl (C=O) groups is 2. The van der Waals surface area contributed by atoms with Gasteiger partial charge in [-0.25, -0.2) is 4.79 Å². The summed E-state index contributed by atoms with van der Waals surface area (Å²) in [4.78, 5) is 27.3. The van der Waals surface area contributed by atoms with Crippen molar-refractivity contribution in [2.75, 3.05) is 23.7 Å². The Balaban J connectivity index is 0.00000243. The lowest BCUT2D eigenvalue weighted by Gasteiger charge is -2.38. The highest BCUT2D eigenvalue weighted by Gasteiger charge is 2.29. The predicted octanol–water partition coefficient (Wildman–Crippen LogP) is 3.64. The van der Waals surface area contributed by atoms with Crippen LogP contribution in [0.25, 0.3) is 0 Å². The highest BCUT2D eigenvalue weighted by molar-refractivity contribution is 7.18. The van der Waals surface area contributed by atoms with Crippen LogP contribution in [0.15, 0.2) is 42.5 Å². The molecule has 1 aromatic heterocycles. The molecule has 2 heterocycles. The molecule has 1 saturated heterocycles. The third kappa shape index (κ3) is 4.75. The molecule has 0 saturated carbocycles. The summed E-state index contributed by atoms with van der Waals surface area (Å²) in [6.07, 6.45) is 0. The number of thiophene rings is 1. The number of nitrogens with one attached hydrogen (secondary N) is 3. The van der Waals surface area contributed by atoms with Crippen molar-refractivity contribution in [3.05, 3.63) is 47.3 Å². The van der Waals surface area contributed by atoms with Crippen LogP contribution in [0.5, 0.6) is 0 Å². The number of rotatable bonds is 3. The molecule has 0 spiro atoms. The van der Waals surface area contributed by atoms with Crippen molar-refractivity contribution in [3.63, 3.8) is 0 Å². The zero-order valence-corrected chi connectivity index (χ0v) is 16.3. The number of urea groups is 1. The van der Waals surface area contributed by atoms with E-state index in [4.69, 9.17) is 0 Å². The summed E-state index contributed by atoms with van der Waals surface area (Å²) < 4.78 is 0. The van der Waals surface area contributed by atoms with Gasteiger partial charge < -0.3 is 15.5 Å². The second-order valence-electron chi connectivity index (χ2n) is 6.09. The molecule has 0 bridgehead atoms. The minimum atomic E-state index is -0.323. The second-order valence-corrected chi connectivity index (χ2v) is 7.17. The van der Waals surface area contributed by atoms with Crippen LogP contribution < -0.4 is 16.0 Å². The number of anilines is 2. The third-order valence-electron chi connectivity index (χ3n) is 4.38. The number of nitrogens with zero attached hydrogens (tertiary/aromatic N) is 1. The number of halogens is 1. The van der Waals surface area contributed by atoms with E-state index in [2.05, 4.69) is 29.8 Å². The first-order valence-corrected chi connectivity index (χ1v) is 9.13. The Kier molecular flexibility index (Phi) is 7.02. The van der Waals surface area contributed by atoms with Crippen molar-refractivity contribution in [1.29, 1.82) is 0 Å². The van der Waals surface area contributed by atoms with Crippen molar-refractivity contribution in [3.8, 4) is 0 Å². The maximum atomic E-state index is 12.7. The SMILES string of the molecule is CC1NCCN(C(=O)c2ccc(NC(=O)Nc3ccccc3)s2)C1C.Cl. The van der Waals surface area contributed by atoms with E-state index in [1.54, 1.807) is 12.1 Å². The Morgan fingerprint density at radius 2 is 1.85 bits per heavy atom. The third-order valence-corrected chi connectivity index (χ3v) is 5.37. The highest BCUT2D eigenvalue weighted by atomic mass is 35.5. The van der Waals surface area contributed by atoms with Gasteiger partial charge in [-0.1, -0.05) is 18.2 Å². The number of hydrogen-bond donors (Lipinski definition) is 3. The van der Waals surface area contributed by atoms with Gasteiger partial charge >= 0.3 is 6.03 Å². The van der Waals surface area contributed by atoms with Crippen LogP contribution in [0.1, 0.15) is 23.5 Å². The molecular formula is C18H23ClN4O2S. The zero-order chi connectivity index (χ0) is 17.8. The fraction of sp³-hybridized carbons (Fsp3) is 0.333. The Morgan fingerprint density at radius 1 is 1.12 bits per heavy atom. The van der Waals surface area contributed by atoms with E-state index in [0.29, 0.717) is 16.4 Å². The van der Waals surface area contributed by atoms with Crippen LogP contribution in [-0.4, -0.2) is 42.0 Å². The van der Waals surface area contributed by atoms with Crippen LogP contribution in [0.2, 0.25) is 0 Å². The topological polar surface area (TPSA) is 73.5 Å². The Labute approximate surface area is 163 Å². The molecule has 8 heteroatoms. The van der Waals surface area contributed by atoms with Crippen LogP contribution in [0.3, 0.4) is 0 Å². The molecule has 0 radical (unpaired) electrons. The van der Waals surface area contributed by atoms with E-state index in [-0.39, 0.29) is 36.4 Å². The molecule has 26 heavy (non-hydrogen) atoms. The first-order chi connectivity index (χ1) is 12.0. The van der Waals surface area contributed by atoms with E-state index < -0.39 is 0 Å². The van der Waals surface area contributed by atoms with Gasteiger partial charge in [0.25, 0.3) is 5.91 Å². The van der Waals surface area contributed by atoms with Gasteiger partial charge in [-0.3, -0.25) is 10.1 Å². The average Bonchev–Trinajstić information content (AvgIpc) is 3.06. The largest absolute Gasteiger partial charge is 0.332 e. The standard InChI is InChI=1S/C18H22N4O2S.ClH/c1-12-13(2)22(11-10-19-12)17(23)15-8-9-16(25-15)21-18(24)20-14-6-4-3-5-7-14;/h3-9,12-13,19H,10-11H2,1-2H3,(H2,20,21,24);1H. The van der Waals surface area contributed by atoms with E-state index >= 15 is 0 Å². The maximum Gasteiger partial charge on any atom is 0.324 e. The highest BCUT2D eigenvalue weighted by Crippen LogP contribution is 2.25. The molecule has 140 valence electrons. The maximum absolute atomic E-state index is 12.7. The average molecular weight is 395 g/mol. The lowest BCUT2D eigenvalue weighted by molar-refractivity contribution is 0.0608. The van der Waals surface area contributed by atoms with E-state index in [1.165, 1.54) is 11.3 Å². The number of carbonyl (C=O) groups excluding carboxylic acids is 2. The number of benzene rings is 1. The summed E-state index contributed by atoms with van der Waals surface area (Å²) in [6.45, 7) is 5.63. The quantitative estimate of drug-likeness (QED) is 0.744. The lowest BCUT2D eigenvalue weighted by atomic mass is 10.1. The fourth-order valence-corrected chi connectivity index (χ4v) is 3.66.